The van der Waals surface area contributed by atoms with Gasteiger partial charge >= 0.3 is 0 Å². The molecule has 1 aromatic heterocycles. The lowest BCUT2D eigenvalue weighted by Crippen LogP contribution is -2.30. The fraction of sp³-hybridized carbons (Fsp3) is 0.400. The van der Waals surface area contributed by atoms with Crippen LogP contribution in [-0.2, 0) is 16.0 Å². The lowest BCUT2D eigenvalue weighted by atomic mass is 9.90. The average Bonchev–Trinajstić information content (AvgIpc) is 3.02. The van der Waals surface area contributed by atoms with E-state index in [4.69, 9.17) is 4.74 Å². The van der Waals surface area contributed by atoms with E-state index in [0.29, 0.717) is 24.9 Å². The van der Waals surface area contributed by atoms with Crippen LogP contribution >= 0.6 is 0 Å². The molecule has 2 atom stereocenters. The summed E-state index contributed by atoms with van der Waals surface area (Å²) in [4.78, 5) is 18.8. The van der Waals surface area contributed by atoms with E-state index in [1.54, 1.807) is 7.11 Å². The number of aromatic nitrogens is 1. The average molecular weight is 324 g/mol. The zero-order valence-corrected chi connectivity index (χ0v) is 14.3. The van der Waals surface area contributed by atoms with Crippen molar-refractivity contribution >= 4 is 5.91 Å². The highest BCUT2D eigenvalue weighted by Gasteiger charge is 2.36. The minimum Gasteiger partial charge on any atom is -0.384 e. The van der Waals surface area contributed by atoms with Gasteiger partial charge in [-0.1, -0.05) is 24.3 Å². The molecule has 0 radical (unpaired) electrons. The van der Waals surface area contributed by atoms with E-state index in [2.05, 4.69) is 18.0 Å². The molecule has 2 heterocycles. The summed E-state index contributed by atoms with van der Waals surface area (Å²) < 4.78 is 5.39. The number of ether oxygens (including phenoxy) is 1. The van der Waals surface area contributed by atoms with Crippen LogP contribution in [0.5, 0.6) is 0 Å². The molecule has 1 aliphatic rings. The van der Waals surface area contributed by atoms with Crippen molar-refractivity contribution in [2.75, 3.05) is 26.8 Å². The Morgan fingerprint density at radius 2 is 1.96 bits per heavy atom. The molecule has 0 spiro atoms. The van der Waals surface area contributed by atoms with Crippen LogP contribution in [0.2, 0.25) is 0 Å². The Labute approximate surface area is 143 Å². The van der Waals surface area contributed by atoms with Crippen LogP contribution < -0.4 is 0 Å². The SMILES string of the molecule is COC[C@@H]1CN(C(=O)Cc2ccccc2C)C[C@H]1c1ccncc1. The van der Waals surface area contributed by atoms with Gasteiger partial charge in [0, 0.05) is 44.4 Å². The molecule has 24 heavy (non-hydrogen) atoms. The maximum Gasteiger partial charge on any atom is 0.227 e. The number of likely N-dealkylation sites (tertiary alicyclic amines) is 1. The first-order valence-corrected chi connectivity index (χ1v) is 8.40. The van der Waals surface area contributed by atoms with Gasteiger partial charge in [0.15, 0.2) is 0 Å². The summed E-state index contributed by atoms with van der Waals surface area (Å²) in [6.45, 7) is 4.23. The van der Waals surface area contributed by atoms with Crippen LogP contribution in [0, 0.1) is 12.8 Å². The smallest absolute Gasteiger partial charge is 0.227 e. The normalized spacial score (nSPS) is 20.3. The largest absolute Gasteiger partial charge is 0.384 e. The van der Waals surface area contributed by atoms with E-state index in [9.17, 15) is 4.79 Å². The third kappa shape index (κ3) is 3.65. The van der Waals surface area contributed by atoms with Crippen molar-refractivity contribution in [1.82, 2.24) is 9.88 Å². The Morgan fingerprint density at radius 3 is 2.67 bits per heavy atom. The number of rotatable bonds is 5. The minimum absolute atomic E-state index is 0.196. The maximum atomic E-state index is 12.8. The molecule has 1 amide bonds. The molecule has 1 aliphatic heterocycles. The molecule has 4 nitrogen and oxygen atoms in total. The molecule has 0 bridgehead atoms. The molecule has 4 heteroatoms. The summed E-state index contributed by atoms with van der Waals surface area (Å²) in [6.07, 6.45) is 4.10. The number of hydrogen-bond acceptors (Lipinski definition) is 3. The van der Waals surface area contributed by atoms with Crippen LogP contribution in [-0.4, -0.2) is 42.6 Å². The predicted octanol–water partition coefficient (Wildman–Crippen LogP) is 2.82. The number of methoxy groups -OCH3 is 1. The van der Waals surface area contributed by atoms with Crippen LogP contribution in [0.4, 0.5) is 0 Å². The maximum absolute atomic E-state index is 12.8. The summed E-state index contributed by atoms with van der Waals surface area (Å²) >= 11 is 0. The topological polar surface area (TPSA) is 42.4 Å². The molecule has 0 unspecified atom stereocenters. The standard InChI is InChI=1S/C20H24N2O2/c1-15-5-3-4-6-17(15)11-20(23)22-12-18(14-24-2)19(13-22)16-7-9-21-10-8-16/h3-10,18-19H,11-14H2,1-2H3/t18-,19-/m0/s1. The molecule has 0 saturated carbocycles. The molecular formula is C20H24N2O2. The first kappa shape index (κ1) is 16.7. The van der Waals surface area contributed by atoms with Crippen molar-refractivity contribution < 1.29 is 9.53 Å². The summed E-state index contributed by atoms with van der Waals surface area (Å²) in [5.41, 5.74) is 3.51. The molecule has 1 aromatic carbocycles. The van der Waals surface area contributed by atoms with Crippen molar-refractivity contribution in [3.63, 3.8) is 0 Å². The van der Waals surface area contributed by atoms with Crippen molar-refractivity contribution in [3.8, 4) is 0 Å². The molecular weight excluding hydrogens is 300 g/mol. The highest BCUT2D eigenvalue weighted by atomic mass is 16.5. The van der Waals surface area contributed by atoms with Gasteiger partial charge in [-0.25, -0.2) is 0 Å². The second kappa shape index (κ2) is 7.58. The Hall–Kier alpha value is -2.20. The lowest BCUT2D eigenvalue weighted by molar-refractivity contribution is -0.129. The highest BCUT2D eigenvalue weighted by Crippen LogP contribution is 2.33. The van der Waals surface area contributed by atoms with Gasteiger partial charge in [-0.05, 0) is 35.7 Å². The summed E-state index contributed by atoms with van der Waals surface area (Å²) in [5.74, 6) is 0.842. The van der Waals surface area contributed by atoms with Crippen LogP contribution in [0.1, 0.15) is 22.6 Å². The van der Waals surface area contributed by atoms with Crippen molar-refractivity contribution in [1.29, 1.82) is 0 Å². The van der Waals surface area contributed by atoms with E-state index in [1.807, 2.05) is 47.6 Å². The number of aryl methyl sites for hydroxylation is 1. The van der Waals surface area contributed by atoms with Crippen molar-refractivity contribution in [2.45, 2.75) is 19.3 Å². The number of hydrogen-bond donors (Lipinski definition) is 0. The van der Waals surface area contributed by atoms with Gasteiger partial charge in [0.1, 0.15) is 0 Å². The number of carbonyl (C=O) groups excluding carboxylic acids is 1. The van der Waals surface area contributed by atoms with E-state index < -0.39 is 0 Å². The number of benzene rings is 1. The van der Waals surface area contributed by atoms with Gasteiger partial charge in [0.25, 0.3) is 0 Å². The third-order valence-corrected chi connectivity index (χ3v) is 4.91. The highest BCUT2D eigenvalue weighted by molar-refractivity contribution is 5.79. The number of nitrogens with zero attached hydrogens (tertiary/aromatic N) is 2. The zero-order chi connectivity index (χ0) is 16.9. The second-order valence-electron chi connectivity index (χ2n) is 6.50. The van der Waals surface area contributed by atoms with Gasteiger partial charge < -0.3 is 9.64 Å². The molecule has 0 aliphatic carbocycles. The van der Waals surface area contributed by atoms with E-state index in [-0.39, 0.29) is 5.91 Å². The third-order valence-electron chi connectivity index (χ3n) is 4.91. The van der Waals surface area contributed by atoms with Crippen LogP contribution in [0.15, 0.2) is 48.8 Å². The molecule has 3 rings (SSSR count). The number of carbonyl (C=O) groups is 1. The first-order chi connectivity index (χ1) is 11.7. The second-order valence-corrected chi connectivity index (χ2v) is 6.50. The first-order valence-electron chi connectivity index (χ1n) is 8.40. The van der Waals surface area contributed by atoms with Crippen molar-refractivity contribution in [2.24, 2.45) is 5.92 Å². The van der Waals surface area contributed by atoms with Crippen LogP contribution in [0.25, 0.3) is 0 Å². The van der Waals surface area contributed by atoms with E-state index >= 15 is 0 Å². The Bertz CT molecular complexity index is 687. The van der Waals surface area contributed by atoms with Gasteiger partial charge in [0.05, 0.1) is 13.0 Å². The lowest BCUT2D eigenvalue weighted by Gasteiger charge is -2.17. The number of amides is 1. The monoisotopic (exact) mass is 324 g/mol. The summed E-state index contributed by atoms with van der Waals surface area (Å²) in [7, 11) is 1.72. The van der Waals surface area contributed by atoms with Gasteiger partial charge in [-0.2, -0.15) is 0 Å². The van der Waals surface area contributed by atoms with Gasteiger partial charge in [-0.15, -0.1) is 0 Å². The molecule has 1 fully saturated rings. The Balaban J connectivity index is 1.73. The quantitative estimate of drug-likeness (QED) is 0.849. The zero-order valence-electron chi connectivity index (χ0n) is 14.3. The van der Waals surface area contributed by atoms with E-state index in [1.165, 1.54) is 11.1 Å². The van der Waals surface area contributed by atoms with Gasteiger partial charge in [-0.3, -0.25) is 9.78 Å². The predicted molar refractivity (Wildman–Crippen MR) is 93.8 cm³/mol. The molecule has 126 valence electrons. The molecule has 2 aromatic rings. The summed E-state index contributed by atoms with van der Waals surface area (Å²) in [6, 6.07) is 12.2. The Morgan fingerprint density at radius 1 is 1.21 bits per heavy atom. The fourth-order valence-electron chi connectivity index (χ4n) is 3.53. The van der Waals surface area contributed by atoms with E-state index in [0.717, 1.165) is 18.7 Å². The minimum atomic E-state index is 0.196. The summed E-state index contributed by atoms with van der Waals surface area (Å²) in [5, 5.41) is 0. The number of pyridine rings is 1. The van der Waals surface area contributed by atoms with Gasteiger partial charge in [0.2, 0.25) is 5.91 Å². The molecule has 1 saturated heterocycles. The van der Waals surface area contributed by atoms with Crippen LogP contribution in [0.3, 0.4) is 0 Å². The van der Waals surface area contributed by atoms with Crippen molar-refractivity contribution in [3.05, 3.63) is 65.5 Å². The molecule has 0 N–H and O–H groups in total. The Kier molecular flexibility index (Phi) is 5.26. The fourth-order valence-corrected chi connectivity index (χ4v) is 3.53.